The van der Waals surface area contributed by atoms with Gasteiger partial charge in [-0.15, -0.1) is 0 Å². The summed E-state index contributed by atoms with van der Waals surface area (Å²) in [7, 11) is 1.65. The standard InChI is InChI=1S/C20H22BrNO3/c1-14(25-18-11-7-16(21)8-12-18)20(23)22-13-3-4-19(22)15-5-9-17(24-2)10-6-15/h5-12,14,19H,3-4,13H2,1-2H3. The summed E-state index contributed by atoms with van der Waals surface area (Å²) in [5.41, 5.74) is 1.14. The Morgan fingerprint density at radius 3 is 2.40 bits per heavy atom. The number of amides is 1. The number of benzene rings is 2. The van der Waals surface area contributed by atoms with Crippen molar-refractivity contribution in [3.05, 3.63) is 58.6 Å². The first-order chi connectivity index (χ1) is 12.1. The first-order valence-corrected chi connectivity index (χ1v) is 9.24. The molecule has 0 spiro atoms. The van der Waals surface area contributed by atoms with Crippen molar-refractivity contribution in [1.29, 1.82) is 0 Å². The lowest BCUT2D eigenvalue weighted by Crippen LogP contribution is -2.40. The van der Waals surface area contributed by atoms with E-state index in [0.29, 0.717) is 5.75 Å². The van der Waals surface area contributed by atoms with Gasteiger partial charge in [0.15, 0.2) is 6.10 Å². The smallest absolute Gasteiger partial charge is 0.263 e. The van der Waals surface area contributed by atoms with E-state index < -0.39 is 6.10 Å². The van der Waals surface area contributed by atoms with Crippen LogP contribution in [0.3, 0.4) is 0 Å². The van der Waals surface area contributed by atoms with Gasteiger partial charge in [0, 0.05) is 11.0 Å². The summed E-state index contributed by atoms with van der Waals surface area (Å²) in [6.45, 7) is 2.58. The van der Waals surface area contributed by atoms with Crippen LogP contribution in [0.25, 0.3) is 0 Å². The van der Waals surface area contributed by atoms with E-state index in [1.54, 1.807) is 7.11 Å². The van der Waals surface area contributed by atoms with Crippen LogP contribution < -0.4 is 9.47 Å². The summed E-state index contributed by atoms with van der Waals surface area (Å²) in [5.74, 6) is 1.55. The molecular formula is C20H22BrNO3. The molecule has 0 N–H and O–H groups in total. The van der Waals surface area contributed by atoms with Gasteiger partial charge in [0.2, 0.25) is 0 Å². The van der Waals surface area contributed by atoms with Crippen LogP contribution in [-0.4, -0.2) is 30.6 Å². The van der Waals surface area contributed by atoms with E-state index in [1.165, 1.54) is 0 Å². The van der Waals surface area contributed by atoms with E-state index in [2.05, 4.69) is 15.9 Å². The van der Waals surface area contributed by atoms with Gasteiger partial charge >= 0.3 is 0 Å². The summed E-state index contributed by atoms with van der Waals surface area (Å²) in [4.78, 5) is 14.8. The van der Waals surface area contributed by atoms with E-state index in [9.17, 15) is 4.79 Å². The topological polar surface area (TPSA) is 38.8 Å². The minimum atomic E-state index is -0.514. The molecule has 0 radical (unpaired) electrons. The number of likely N-dealkylation sites (tertiary alicyclic amines) is 1. The van der Waals surface area contributed by atoms with Crippen molar-refractivity contribution in [1.82, 2.24) is 4.90 Å². The Labute approximate surface area is 156 Å². The zero-order valence-electron chi connectivity index (χ0n) is 14.4. The summed E-state index contributed by atoms with van der Waals surface area (Å²) in [6.07, 6.45) is 1.47. The quantitative estimate of drug-likeness (QED) is 0.732. The number of hydrogen-bond acceptors (Lipinski definition) is 3. The third-order valence-electron chi connectivity index (χ3n) is 4.51. The number of nitrogens with zero attached hydrogens (tertiary/aromatic N) is 1. The lowest BCUT2D eigenvalue weighted by atomic mass is 10.0. The lowest BCUT2D eigenvalue weighted by Gasteiger charge is -2.28. The Morgan fingerprint density at radius 1 is 1.12 bits per heavy atom. The second-order valence-electron chi connectivity index (χ2n) is 6.18. The van der Waals surface area contributed by atoms with E-state index in [-0.39, 0.29) is 11.9 Å². The molecule has 25 heavy (non-hydrogen) atoms. The van der Waals surface area contributed by atoms with Gasteiger partial charge in [0.05, 0.1) is 13.2 Å². The first kappa shape index (κ1) is 17.8. The molecule has 1 aliphatic heterocycles. The maximum Gasteiger partial charge on any atom is 0.263 e. The zero-order valence-corrected chi connectivity index (χ0v) is 16.0. The Balaban J connectivity index is 1.69. The molecular weight excluding hydrogens is 382 g/mol. The van der Waals surface area contributed by atoms with Crippen LogP contribution in [0.5, 0.6) is 11.5 Å². The minimum Gasteiger partial charge on any atom is -0.497 e. The molecule has 132 valence electrons. The van der Waals surface area contributed by atoms with Crippen molar-refractivity contribution in [3.8, 4) is 11.5 Å². The Morgan fingerprint density at radius 2 is 1.76 bits per heavy atom. The number of rotatable bonds is 5. The van der Waals surface area contributed by atoms with Gasteiger partial charge in [-0.2, -0.15) is 0 Å². The van der Waals surface area contributed by atoms with Crippen molar-refractivity contribution in [2.75, 3.05) is 13.7 Å². The van der Waals surface area contributed by atoms with Crippen LogP contribution >= 0.6 is 15.9 Å². The van der Waals surface area contributed by atoms with Crippen molar-refractivity contribution in [2.24, 2.45) is 0 Å². The molecule has 1 saturated heterocycles. The van der Waals surface area contributed by atoms with E-state index >= 15 is 0 Å². The maximum atomic E-state index is 12.9. The van der Waals surface area contributed by atoms with Crippen molar-refractivity contribution >= 4 is 21.8 Å². The molecule has 5 heteroatoms. The zero-order chi connectivity index (χ0) is 17.8. The average molecular weight is 404 g/mol. The number of carbonyl (C=O) groups excluding carboxylic acids is 1. The van der Waals surface area contributed by atoms with Crippen LogP contribution in [-0.2, 0) is 4.79 Å². The largest absolute Gasteiger partial charge is 0.497 e. The van der Waals surface area contributed by atoms with Gasteiger partial charge in [-0.05, 0) is 61.7 Å². The number of ether oxygens (including phenoxy) is 2. The second kappa shape index (κ2) is 7.91. The molecule has 4 nitrogen and oxygen atoms in total. The summed E-state index contributed by atoms with van der Waals surface area (Å²) in [6, 6.07) is 15.6. The number of hydrogen-bond donors (Lipinski definition) is 0. The Kier molecular flexibility index (Phi) is 5.63. The van der Waals surface area contributed by atoms with Crippen LogP contribution in [0.1, 0.15) is 31.4 Å². The average Bonchev–Trinajstić information content (AvgIpc) is 3.12. The molecule has 2 unspecified atom stereocenters. The Hall–Kier alpha value is -2.01. The maximum absolute atomic E-state index is 12.9. The predicted molar refractivity (Wildman–Crippen MR) is 101 cm³/mol. The number of methoxy groups -OCH3 is 1. The normalized spacial score (nSPS) is 18.0. The molecule has 2 atom stereocenters. The van der Waals surface area contributed by atoms with Crippen molar-refractivity contribution in [2.45, 2.75) is 31.9 Å². The van der Waals surface area contributed by atoms with Crippen LogP contribution in [0, 0.1) is 0 Å². The van der Waals surface area contributed by atoms with E-state index in [1.807, 2.05) is 60.4 Å². The predicted octanol–water partition coefficient (Wildman–Crippen LogP) is 4.59. The highest BCUT2D eigenvalue weighted by Gasteiger charge is 2.33. The molecule has 0 aliphatic carbocycles. The van der Waals surface area contributed by atoms with Gasteiger partial charge in [-0.25, -0.2) is 0 Å². The highest BCUT2D eigenvalue weighted by atomic mass is 79.9. The van der Waals surface area contributed by atoms with Crippen molar-refractivity contribution in [3.63, 3.8) is 0 Å². The fraction of sp³-hybridized carbons (Fsp3) is 0.350. The van der Waals surface area contributed by atoms with Crippen LogP contribution in [0.2, 0.25) is 0 Å². The highest BCUT2D eigenvalue weighted by Crippen LogP contribution is 2.33. The number of carbonyl (C=O) groups is 1. The molecule has 1 aliphatic rings. The third kappa shape index (κ3) is 4.15. The SMILES string of the molecule is COc1ccc(C2CCCN2C(=O)C(C)Oc2ccc(Br)cc2)cc1. The molecule has 3 rings (SSSR count). The van der Waals surface area contributed by atoms with Crippen LogP contribution in [0.4, 0.5) is 0 Å². The summed E-state index contributed by atoms with van der Waals surface area (Å²) < 4.78 is 12.0. The van der Waals surface area contributed by atoms with Gasteiger partial charge in [-0.1, -0.05) is 28.1 Å². The third-order valence-corrected chi connectivity index (χ3v) is 5.04. The molecule has 1 fully saturated rings. The monoisotopic (exact) mass is 403 g/mol. The number of halogens is 1. The fourth-order valence-electron chi connectivity index (χ4n) is 3.20. The second-order valence-corrected chi connectivity index (χ2v) is 7.09. The fourth-order valence-corrected chi connectivity index (χ4v) is 3.47. The summed E-state index contributed by atoms with van der Waals surface area (Å²) >= 11 is 3.40. The van der Waals surface area contributed by atoms with E-state index in [4.69, 9.17) is 9.47 Å². The molecule has 0 aromatic heterocycles. The molecule has 2 aromatic carbocycles. The molecule has 1 amide bonds. The Bertz CT molecular complexity index is 715. The first-order valence-electron chi connectivity index (χ1n) is 8.45. The summed E-state index contributed by atoms with van der Waals surface area (Å²) in [5, 5.41) is 0. The van der Waals surface area contributed by atoms with Gasteiger partial charge in [0.1, 0.15) is 11.5 Å². The van der Waals surface area contributed by atoms with Gasteiger partial charge in [-0.3, -0.25) is 4.79 Å². The van der Waals surface area contributed by atoms with Gasteiger partial charge < -0.3 is 14.4 Å². The lowest BCUT2D eigenvalue weighted by molar-refractivity contribution is -0.138. The molecule has 0 bridgehead atoms. The van der Waals surface area contributed by atoms with Gasteiger partial charge in [0.25, 0.3) is 5.91 Å². The molecule has 2 aromatic rings. The minimum absolute atomic E-state index is 0.0289. The molecule has 1 heterocycles. The van der Waals surface area contributed by atoms with E-state index in [0.717, 1.165) is 35.2 Å². The highest BCUT2D eigenvalue weighted by molar-refractivity contribution is 9.10. The molecule has 0 saturated carbocycles. The van der Waals surface area contributed by atoms with Crippen LogP contribution in [0.15, 0.2) is 53.0 Å². The van der Waals surface area contributed by atoms with Crippen molar-refractivity contribution < 1.29 is 14.3 Å².